The van der Waals surface area contributed by atoms with Gasteiger partial charge in [0, 0.05) is 16.0 Å². The maximum Gasteiger partial charge on any atom is 0.150 e. The lowest BCUT2D eigenvalue weighted by Gasteiger charge is -2.11. The number of aldehydes is 1. The van der Waals surface area contributed by atoms with Crippen molar-refractivity contribution in [2.75, 3.05) is 0 Å². The van der Waals surface area contributed by atoms with Crippen LogP contribution in [0.2, 0.25) is 0 Å². The number of rotatable bonds is 5. The highest BCUT2D eigenvalue weighted by Crippen LogP contribution is 2.35. The molecule has 0 aliphatic rings. The Hall–Kier alpha value is -2.39. The Bertz CT molecular complexity index is 775. The lowest BCUT2D eigenvalue weighted by Crippen LogP contribution is -1.97. The van der Waals surface area contributed by atoms with Gasteiger partial charge in [-0.3, -0.25) is 4.79 Å². The van der Waals surface area contributed by atoms with E-state index in [1.54, 1.807) is 17.4 Å². The Kier molecular flexibility index (Phi) is 4.35. The smallest absolute Gasteiger partial charge is 0.150 e. The van der Waals surface area contributed by atoms with Gasteiger partial charge in [-0.25, -0.2) is 0 Å². The fraction of sp³-hybridized carbons (Fsp3) is 0.105. The second kappa shape index (κ2) is 6.58. The molecule has 0 unspecified atom stereocenters. The average Bonchev–Trinajstić information content (AvgIpc) is 3.00. The van der Waals surface area contributed by atoms with Crippen LogP contribution in [-0.2, 0) is 6.61 Å². The molecule has 0 saturated heterocycles. The molecule has 0 spiro atoms. The van der Waals surface area contributed by atoms with Crippen LogP contribution < -0.4 is 4.74 Å². The van der Waals surface area contributed by atoms with Crippen molar-refractivity contribution in [1.29, 1.82) is 0 Å². The monoisotopic (exact) mass is 308 g/mol. The highest BCUT2D eigenvalue weighted by atomic mass is 32.1. The largest absolute Gasteiger partial charge is 0.488 e. The molecule has 1 heterocycles. The van der Waals surface area contributed by atoms with Crippen molar-refractivity contribution in [3.05, 3.63) is 76.7 Å². The summed E-state index contributed by atoms with van der Waals surface area (Å²) in [5, 5.41) is 2.10. The summed E-state index contributed by atoms with van der Waals surface area (Å²) in [7, 11) is 0. The molecule has 0 N–H and O–H groups in total. The fourth-order valence-electron chi connectivity index (χ4n) is 2.25. The van der Waals surface area contributed by atoms with Gasteiger partial charge < -0.3 is 4.74 Å². The van der Waals surface area contributed by atoms with E-state index in [0.717, 1.165) is 28.0 Å². The van der Waals surface area contributed by atoms with E-state index in [9.17, 15) is 4.79 Å². The number of hydrogen-bond donors (Lipinski definition) is 0. The quantitative estimate of drug-likeness (QED) is 0.612. The number of hydrogen-bond acceptors (Lipinski definition) is 3. The maximum atomic E-state index is 11.0. The van der Waals surface area contributed by atoms with Crippen LogP contribution in [0, 0.1) is 6.92 Å². The number of ether oxygens (including phenoxy) is 1. The van der Waals surface area contributed by atoms with E-state index < -0.39 is 0 Å². The highest BCUT2D eigenvalue weighted by Gasteiger charge is 2.10. The van der Waals surface area contributed by atoms with E-state index in [1.807, 2.05) is 42.5 Å². The second-order valence-electron chi connectivity index (χ2n) is 5.14. The van der Waals surface area contributed by atoms with Crippen LogP contribution in [0.5, 0.6) is 5.75 Å². The third-order valence-electron chi connectivity index (χ3n) is 3.37. The molecule has 0 fully saturated rings. The first-order valence-corrected chi connectivity index (χ1v) is 7.95. The van der Waals surface area contributed by atoms with Gasteiger partial charge in [0.25, 0.3) is 0 Å². The molecule has 0 aliphatic heterocycles. The molecule has 0 atom stereocenters. The molecule has 3 heteroatoms. The van der Waals surface area contributed by atoms with Crippen LogP contribution in [0.25, 0.3) is 10.4 Å². The summed E-state index contributed by atoms with van der Waals surface area (Å²) >= 11 is 1.66. The summed E-state index contributed by atoms with van der Waals surface area (Å²) < 4.78 is 5.98. The molecule has 3 rings (SSSR count). The topological polar surface area (TPSA) is 26.3 Å². The van der Waals surface area contributed by atoms with Crippen molar-refractivity contribution in [2.24, 2.45) is 0 Å². The molecule has 2 nitrogen and oxygen atoms in total. The van der Waals surface area contributed by atoms with E-state index >= 15 is 0 Å². The summed E-state index contributed by atoms with van der Waals surface area (Å²) in [6, 6.07) is 17.7. The Morgan fingerprint density at radius 3 is 2.59 bits per heavy atom. The lowest BCUT2D eigenvalue weighted by atomic mass is 10.1. The van der Waals surface area contributed by atoms with Crippen molar-refractivity contribution in [3.8, 4) is 16.2 Å². The molecule has 22 heavy (non-hydrogen) atoms. The van der Waals surface area contributed by atoms with E-state index in [0.29, 0.717) is 12.2 Å². The van der Waals surface area contributed by atoms with Gasteiger partial charge in [0.1, 0.15) is 18.6 Å². The van der Waals surface area contributed by atoms with E-state index in [2.05, 4.69) is 18.4 Å². The number of benzene rings is 2. The van der Waals surface area contributed by atoms with Crippen LogP contribution in [0.15, 0.2) is 60.0 Å². The minimum atomic E-state index is 0.513. The fourth-order valence-corrected chi connectivity index (χ4v) is 3.17. The lowest BCUT2D eigenvalue weighted by molar-refractivity contribution is 0.112. The molecule has 0 amide bonds. The number of carbonyl (C=O) groups excluding carboxylic acids is 1. The predicted octanol–water partition coefficient (Wildman–Crippen LogP) is 5.12. The van der Waals surface area contributed by atoms with Crippen molar-refractivity contribution in [1.82, 2.24) is 0 Å². The molecular weight excluding hydrogens is 292 g/mol. The number of aryl methyl sites for hydroxylation is 1. The predicted molar refractivity (Wildman–Crippen MR) is 90.7 cm³/mol. The van der Waals surface area contributed by atoms with Gasteiger partial charge in [0.2, 0.25) is 0 Å². The normalized spacial score (nSPS) is 10.4. The van der Waals surface area contributed by atoms with Crippen molar-refractivity contribution < 1.29 is 9.53 Å². The first-order chi connectivity index (χ1) is 10.8. The Labute approximate surface area is 134 Å². The van der Waals surface area contributed by atoms with Gasteiger partial charge in [-0.1, -0.05) is 30.3 Å². The minimum Gasteiger partial charge on any atom is -0.488 e. The molecule has 0 aliphatic carbocycles. The Morgan fingerprint density at radius 2 is 1.91 bits per heavy atom. The molecule has 3 aromatic rings. The first-order valence-electron chi connectivity index (χ1n) is 7.08. The van der Waals surface area contributed by atoms with Gasteiger partial charge in [0.05, 0.1) is 0 Å². The number of thiophene rings is 1. The summed E-state index contributed by atoms with van der Waals surface area (Å²) in [6.45, 7) is 2.58. The average molecular weight is 308 g/mol. The highest BCUT2D eigenvalue weighted by molar-refractivity contribution is 7.13. The summed E-state index contributed by atoms with van der Waals surface area (Å²) in [4.78, 5) is 12.2. The minimum absolute atomic E-state index is 0.513. The van der Waals surface area contributed by atoms with E-state index in [4.69, 9.17) is 4.74 Å². The van der Waals surface area contributed by atoms with Gasteiger partial charge in [-0.2, -0.15) is 0 Å². The molecule has 2 aromatic carbocycles. The van der Waals surface area contributed by atoms with Gasteiger partial charge in [0.15, 0.2) is 0 Å². The zero-order chi connectivity index (χ0) is 15.4. The van der Waals surface area contributed by atoms with Crippen molar-refractivity contribution in [3.63, 3.8) is 0 Å². The molecule has 0 bridgehead atoms. The summed E-state index contributed by atoms with van der Waals surface area (Å²) in [5.74, 6) is 0.802. The molecular formula is C19H16O2S. The maximum absolute atomic E-state index is 11.0. The standard InChI is InChI=1S/C19H16O2S/c1-14-9-19(22-13-14)17-10-16(11-20)7-8-18(17)21-12-15-5-3-2-4-6-15/h2-11,13H,12H2,1H3. The van der Waals surface area contributed by atoms with Gasteiger partial charge in [-0.05, 0) is 47.7 Å². The molecule has 0 radical (unpaired) electrons. The van der Waals surface area contributed by atoms with Crippen LogP contribution >= 0.6 is 11.3 Å². The summed E-state index contributed by atoms with van der Waals surface area (Å²) in [6.07, 6.45) is 0.866. The third-order valence-corrected chi connectivity index (χ3v) is 4.45. The van der Waals surface area contributed by atoms with Gasteiger partial charge in [-0.15, -0.1) is 11.3 Å². The van der Waals surface area contributed by atoms with Crippen molar-refractivity contribution >= 4 is 17.6 Å². The molecule has 110 valence electrons. The summed E-state index contributed by atoms with van der Waals surface area (Å²) in [5.41, 5.74) is 3.97. The van der Waals surface area contributed by atoms with Crippen LogP contribution in [0.3, 0.4) is 0 Å². The Morgan fingerprint density at radius 1 is 1.09 bits per heavy atom. The van der Waals surface area contributed by atoms with Gasteiger partial charge >= 0.3 is 0 Å². The van der Waals surface area contributed by atoms with Crippen molar-refractivity contribution in [2.45, 2.75) is 13.5 Å². The molecule has 1 aromatic heterocycles. The zero-order valence-electron chi connectivity index (χ0n) is 12.3. The van der Waals surface area contributed by atoms with Crippen LogP contribution in [0.1, 0.15) is 21.5 Å². The van der Waals surface area contributed by atoms with E-state index in [-0.39, 0.29) is 0 Å². The van der Waals surface area contributed by atoms with Crippen LogP contribution in [0.4, 0.5) is 0 Å². The zero-order valence-corrected chi connectivity index (χ0v) is 13.1. The first kappa shape index (κ1) is 14.5. The number of carbonyl (C=O) groups is 1. The van der Waals surface area contributed by atoms with Crippen LogP contribution in [-0.4, -0.2) is 6.29 Å². The van der Waals surface area contributed by atoms with E-state index in [1.165, 1.54) is 5.56 Å². The Balaban J connectivity index is 1.91. The third kappa shape index (κ3) is 3.26. The molecule has 0 saturated carbocycles. The SMILES string of the molecule is Cc1csc(-c2cc(C=O)ccc2OCc2ccccc2)c1. The second-order valence-corrected chi connectivity index (χ2v) is 6.05.